The minimum atomic E-state index is -0.706. The van der Waals surface area contributed by atoms with E-state index in [1.165, 1.54) is 6.33 Å². The van der Waals surface area contributed by atoms with Crippen LogP contribution in [0.15, 0.2) is 6.33 Å². The molecule has 2 rings (SSSR count). The second kappa shape index (κ2) is 2.81. The lowest BCUT2D eigenvalue weighted by Gasteiger charge is -1.98. The van der Waals surface area contributed by atoms with Gasteiger partial charge in [-0.3, -0.25) is 0 Å². The molecule has 0 aromatic carbocycles. The first-order chi connectivity index (χ1) is 6.59. The number of hydrogen-bond donors (Lipinski definition) is 2. The number of nitrogens with zero attached hydrogens (tertiary/aromatic N) is 4. The summed E-state index contributed by atoms with van der Waals surface area (Å²) in [6.45, 7) is 0. The lowest BCUT2D eigenvalue weighted by molar-refractivity contribution is 0.251. The van der Waals surface area contributed by atoms with E-state index in [2.05, 4.69) is 15.0 Å². The Morgan fingerprint density at radius 3 is 2.86 bits per heavy atom. The van der Waals surface area contributed by atoms with Crippen LogP contribution in [0.4, 0.5) is 10.7 Å². The van der Waals surface area contributed by atoms with Gasteiger partial charge in [-0.25, -0.2) is 14.3 Å². The maximum atomic E-state index is 10.9. The summed E-state index contributed by atoms with van der Waals surface area (Å²) in [5.41, 5.74) is 10.9. The summed E-state index contributed by atoms with van der Waals surface area (Å²) in [4.78, 5) is 22.2. The monoisotopic (exact) mass is 212 g/mol. The predicted octanol–water partition coefficient (Wildman–Crippen LogP) is -0.0113. The lowest BCUT2D eigenvalue weighted by atomic mass is 10.5. The molecular weight excluding hydrogens is 208 g/mol. The Morgan fingerprint density at radius 1 is 1.50 bits per heavy atom. The molecule has 1 amide bonds. The molecule has 8 heteroatoms. The molecule has 0 unspecified atom stereocenters. The van der Waals surface area contributed by atoms with Gasteiger partial charge in [-0.2, -0.15) is 9.97 Å². The second-order valence-corrected chi connectivity index (χ2v) is 2.86. The van der Waals surface area contributed by atoms with Gasteiger partial charge in [0.05, 0.1) is 0 Å². The van der Waals surface area contributed by atoms with E-state index in [0.717, 1.165) is 4.57 Å². The van der Waals surface area contributed by atoms with E-state index in [1.54, 1.807) is 0 Å². The third-order valence-electron chi connectivity index (χ3n) is 1.61. The molecule has 0 atom stereocenters. The molecule has 2 aromatic heterocycles. The fourth-order valence-electron chi connectivity index (χ4n) is 1.07. The average Bonchev–Trinajstić information content (AvgIpc) is 2.47. The quantitative estimate of drug-likeness (QED) is 0.597. The standard InChI is InChI=1S/C6H5ClN6O/c7-3-2-4(12-5(8)11-3)10-1-13(2)6(9)14/h1H,(H2,9,14)(H2,8,11,12). The van der Waals surface area contributed by atoms with Crippen LogP contribution in [0.5, 0.6) is 0 Å². The number of fused-ring (bicyclic) bond motifs is 1. The first-order valence-corrected chi connectivity index (χ1v) is 3.93. The minimum absolute atomic E-state index is 0.00257. The molecular formula is C6H5ClN6O. The van der Waals surface area contributed by atoms with Crippen molar-refractivity contribution >= 4 is 34.7 Å². The van der Waals surface area contributed by atoms with Crippen LogP contribution in [0.1, 0.15) is 0 Å². The summed E-state index contributed by atoms with van der Waals surface area (Å²) in [7, 11) is 0. The van der Waals surface area contributed by atoms with Gasteiger partial charge in [0.15, 0.2) is 10.8 Å². The van der Waals surface area contributed by atoms with E-state index in [9.17, 15) is 4.79 Å². The molecule has 0 spiro atoms. The van der Waals surface area contributed by atoms with E-state index < -0.39 is 6.03 Å². The zero-order valence-corrected chi connectivity index (χ0v) is 7.56. The molecule has 7 nitrogen and oxygen atoms in total. The van der Waals surface area contributed by atoms with Gasteiger partial charge in [0.25, 0.3) is 0 Å². The molecule has 0 aliphatic carbocycles. The smallest absolute Gasteiger partial charge is 0.324 e. The molecule has 4 N–H and O–H groups in total. The largest absolute Gasteiger partial charge is 0.368 e. The number of halogens is 1. The summed E-state index contributed by atoms with van der Waals surface area (Å²) in [5.74, 6) is -0.00257. The van der Waals surface area contributed by atoms with E-state index >= 15 is 0 Å². The van der Waals surface area contributed by atoms with Crippen molar-refractivity contribution in [3.8, 4) is 0 Å². The Bertz CT molecular complexity index is 520. The van der Waals surface area contributed by atoms with Crippen molar-refractivity contribution in [3.63, 3.8) is 0 Å². The SMILES string of the molecule is NC(=O)n1cnc2nc(N)nc(Cl)c21. The number of carbonyl (C=O) groups is 1. The van der Waals surface area contributed by atoms with Crippen molar-refractivity contribution in [2.75, 3.05) is 5.73 Å². The van der Waals surface area contributed by atoms with Crippen LogP contribution in [-0.4, -0.2) is 25.6 Å². The summed E-state index contributed by atoms with van der Waals surface area (Å²) in [6, 6.07) is -0.706. The maximum Gasteiger partial charge on any atom is 0.324 e. The third kappa shape index (κ3) is 1.14. The summed E-state index contributed by atoms with van der Waals surface area (Å²) in [6.07, 6.45) is 1.22. The molecule has 0 aliphatic rings. The van der Waals surface area contributed by atoms with E-state index in [-0.39, 0.29) is 22.3 Å². The van der Waals surface area contributed by atoms with Gasteiger partial charge in [-0.1, -0.05) is 11.6 Å². The Labute approximate surface area is 82.7 Å². The van der Waals surface area contributed by atoms with Gasteiger partial charge >= 0.3 is 6.03 Å². The van der Waals surface area contributed by atoms with Crippen molar-refractivity contribution in [3.05, 3.63) is 11.5 Å². The first-order valence-electron chi connectivity index (χ1n) is 3.55. The van der Waals surface area contributed by atoms with Gasteiger partial charge in [0, 0.05) is 0 Å². The van der Waals surface area contributed by atoms with Crippen LogP contribution >= 0.6 is 11.6 Å². The van der Waals surface area contributed by atoms with Gasteiger partial charge in [-0.15, -0.1) is 0 Å². The zero-order chi connectivity index (χ0) is 10.3. The van der Waals surface area contributed by atoms with Crippen molar-refractivity contribution < 1.29 is 4.79 Å². The minimum Gasteiger partial charge on any atom is -0.368 e. The molecule has 0 saturated heterocycles. The maximum absolute atomic E-state index is 10.9. The average molecular weight is 213 g/mol. The highest BCUT2D eigenvalue weighted by Crippen LogP contribution is 2.19. The van der Waals surface area contributed by atoms with Crippen molar-refractivity contribution in [1.82, 2.24) is 19.5 Å². The number of amides is 1. The fourth-order valence-corrected chi connectivity index (χ4v) is 1.33. The zero-order valence-electron chi connectivity index (χ0n) is 6.81. The van der Waals surface area contributed by atoms with Crippen LogP contribution in [0.3, 0.4) is 0 Å². The van der Waals surface area contributed by atoms with E-state index in [0.29, 0.717) is 0 Å². The Morgan fingerprint density at radius 2 is 2.21 bits per heavy atom. The van der Waals surface area contributed by atoms with Crippen LogP contribution in [0.2, 0.25) is 5.15 Å². The fraction of sp³-hybridized carbons (Fsp3) is 0. The lowest BCUT2D eigenvalue weighted by Crippen LogP contribution is -2.18. The summed E-state index contributed by atoms with van der Waals surface area (Å²) < 4.78 is 1.05. The highest BCUT2D eigenvalue weighted by molar-refractivity contribution is 6.34. The second-order valence-electron chi connectivity index (χ2n) is 2.50. The molecule has 0 aliphatic heterocycles. The van der Waals surface area contributed by atoms with Crippen LogP contribution in [0, 0.1) is 0 Å². The first kappa shape index (κ1) is 8.70. The molecule has 0 fully saturated rings. The Kier molecular flexibility index (Phi) is 1.74. The summed E-state index contributed by atoms with van der Waals surface area (Å²) in [5, 5.41) is 0.0452. The number of imidazole rings is 1. The number of nitrogen functional groups attached to an aromatic ring is 1. The highest BCUT2D eigenvalue weighted by atomic mass is 35.5. The predicted molar refractivity (Wildman–Crippen MR) is 49.7 cm³/mol. The van der Waals surface area contributed by atoms with Crippen LogP contribution in [-0.2, 0) is 0 Å². The topological polar surface area (TPSA) is 113 Å². The van der Waals surface area contributed by atoms with Gasteiger partial charge in [0.1, 0.15) is 11.8 Å². The van der Waals surface area contributed by atoms with Crippen molar-refractivity contribution in [2.45, 2.75) is 0 Å². The number of primary amides is 1. The molecule has 2 aromatic rings. The number of aromatic nitrogens is 4. The summed E-state index contributed by atoms with van der Waals surface area (Å²) >= 11 is 5.75. The normalized spacial score (nSPS) is 10.6. The molecule has 14 heavy (non-hydrogen) atoms. The number of rotatable bonds is 0. The van der Waals surface area contributed by atoms with E-state index in [1.807, 2.05) is 0 Å². The molecule has 72 valence electrons. The van der Waals surface area contributed by atoms with E-state index in [4.69, 9.17) is 23.1 Å². The van der Waals surface area contributed by atoms with Gasteiger partial charge < -0.3 is 11.5 Å². The van der Waals surface area contributed by atoms with Gasteiger partial charge in [-0.05, 0) is 0 Å². The molecule has 2 heterocycles. The molecule has 0 bridgehead atoms. The van der Waals surface area contributed by atoms with Crippen molar-refractivity contribution in [2.24, 2.45) is 5.73 Å². The molecule has 0 radical (unpaired) electrons. The van der Waals surface area contributed by atoms with Gasteiger partial charge in [0.2, 0.25) is 5.95 Å². The third-order valence-corrected chi connectivity index (χ3v) is 1.88. The van der Waals surface area contributed by atoms with Crippen LogP contribution in [0.25, 0.3) is 11.2 Å². The van der Waals surface area contributed by atoms with Crippen LogP contribution < -0.4 is 11.5 Å². The number of anilines is 1. The Balaban J connectivity index is 2.85. The number of nitrogens with two attached hydrogens (primary N) is 2. The highest BCUT2D eigenvalue weighted by Gasteiger charge is 2.13. The Hall–Kier alpha value is -1.89. The molecule has 0 saturated carbocycles. The number of hydrogen-bond acceptors (Lipinski definition) is 5. The number of carbonyl (C=O) groups excluding carboxylic acids is 1. The van der Waals surface area contributed by atoms with Crippen molar-refractivity contribution in [1.29, 1.82) is 0 Å².